The van der Waals surface area contributed by atoms with Gasteiger partial charge in [0.2, 0.25) is 5.88 Å². The highest BCUT2D eigenvalue weighted by Crippen LogP contribution is 2.32. The molecule has 0 aliphatic carbocycles. The van der Waals surface area contributed by atoms with Crippen molar-refractivity contribution in [3.8, 4) is 5.88 Å². The molecule has 0 saturated carbocycles. The number of ketones is 1. The molecule has 12 heteroatoms. The standard InChI is InChI=1S/C21H27N3O7S2/c1-5-7-11-33(28,29)31-21-16(13-22-24(21)6-2)20(25)15-8-9-18-19(14(15)3)17(23-30-4)10-12-32(18,26)27/h8-9,13H,5-7,10-12H2,1-4H3/b23-17+. The smallest absolute Gasteiger partial charge is 0.310 e. The Hall–Kier alpha value is -2.73. The first-order valence-electron chi connectivity index (χ1n) is 10.6. The van der Waals surface area contributed by atoms with Crippen LogP contribution in [0.2, 0.25) is 0 Å². The number of nitrogens with zero attached hydrogens (tertiary/aromatic N) is 3. The molecule has 33 heavy (non-hydrogen) atoms. The number of carbonyl (C=O) groups excluding carboxylic acids is 1. The first kappa shape index (κ1) is 24.9. The van der Waals surface area contributed by atoms with E-state index in [4.69, 9.17) is 9.02 Å². The number of unbranched alkanes of at least 4 members (excludes halogenated alkanes) is 1. The Morgan fingerprint density at radius 2 is 1.97 bits per heavy atom. The van der Waals surface area contributed by atoms with Crippen molar-refractivity contribution in [3.05, 3.63) is 40.6 Å². The second kappa shape index (κ2) is 9.64. The molecular weight excluding hydrogens is 470 g/mol. The van der Waals surface area contributed by atoms with Gasteiger partial charge in [-0.2, -0.15) is 13.5 Å². The summed E-state index contributed by atoms with van der Waals surface area (Å²) in [6.07, 6.45) is 2.51. The molecule has 0 N–H and O–H groups in total. The van der Waals surface area contributed by atoms with E-state index >= 15 is 0 Å². The summed E-state index contributed by atoms with van der Waals surface area (Å²) < 4.78 is 56.6. The molecule has 2 aromatic rings. The average Bonchev–Trinajstić information content (AvgIpc) is 3.16. The van der Waals surface area contributed by atoms with Crippen LogP contribution in [0.25, 0.3) is 0 Å². The molecule has 3 rings (SSSR count). The van der Waals surface area contributed by atoms with Gasteiger partial charge in [-0.05, 0) is 38.0 Å². The summed E-state index contributed by atoms with van der Waals surface area (Å²) in [5, 5.41) is 8.05. The number of carbonyl (C=O) groups is 1. The lowest BCUT2D eigenvalue weighted by Crippen LogP contribution is -2.24. The Balaban J connectivity index is 2.12. The molecule has 180 valence electrons. The Morgan fingerprint density at radius 3 is 2.61 bits per heavy atom. The maximum atomic E-state index is 13.5. The van der Waals surface area contributed by atoms with Crippen LogP contribution in [-0.2, 0) is 31.3 Å². The number of hydrogen-bond donors (Lipinski definition) is 0. The van der Waals surface area contributed by atoms with Crippen molar-refractivity contribution in [3.63, 3.8) is 0 Å². The SMILES string of the molecule is CCCCS(=O)(=O)Oc1c(C(=O)c2ccc3c(c2C)/C(=N/OC)CCS3(=O)=O)cnn1CC. The maximum Gasteiger partial charge on any atom is 0.310 e. The van der Waals surface area contributed by atoms with Gasteiger partial charge in [0.05, 0.1) is 28.3 Å². The Kier molecular flexibility index (Phi) is 7.27. The number of aromatic nitrogens is 2. The molecule has 0 bridgehead atoms. The van der Waals surface area contributed by atoms with Crippen LogP contribution in [0.1, 0.15) is 60.2 Å². The fourth-order valence-corrected chi connectivity index (χ4v) is 6.37. The van der Waals surface area contributed by atoms with Gasteiger partial charge < -0.3 is 9.02 Å². The lowest BCUT2D eigenvalue weighted by atomic mass is 9.93. The van der Waals surface area contributed by atoms with E-state index in [0.717, 1.165) is 0 Å². The molecular formula is C21H27N3O7S2. The van der Waals surface area contributed by atoms with Gasteiger partial charge in [-0.3, -0.25) is 4.79 Å². The van der Waals surface area contributed by atoms with Gasteiger partial charge in [0.15, 0.2) is 15.6 Å². The molecule has 0 fully saturated rings. The molecule has 0 amide bonds. The number of fused-ring (bicyclic) bond motifs is 1. The van der Waals surface area contributed by atoms with Crippen LogP contribution in [0.4, 0.5) is 0 Å². The van der Waals surface area contributed by atoms with Crippen molar-refractivity contribution in [1.82, 2.24) is 9.78 Å². The molecule has 0 atom stereocenters. The molecule has 0 radical (unpaired) electrons. The van der Waals surface area contributed by atoms with Gasteiger partial charge in [-0.25, -0.2) is 13.1 Å². The summed E-state index contributed by atoms with van der Waals surface area (Å²) in [5.74, 6) is -0.978. The Bertz CT molecular complexity index is 1310. The van der Waals surface area contributed by atoms with E-state index < -0.39 is 25.7 Å². The van der Waals surface area contributed by atoms with Gasteiger partial charge in [-0.15, -0.1) is 0 Å². The zero-order chi connectivity index (χ0) is 24.4. The topological polar surface area (TPSA) is 134 Å². The van der Waals surface area contributed by atoms with Crippen molar-refractivity contribution in [2.45, 2.75) is 51.5 Å². The molecule has 0 saturated heterocycles. The predicted molar refractivity (Wildman–Crippen MR) is 122 cm³/mol. The second-order valence-corrected chi connectivity index (χ2v) is 11.4. The number of sulfone groups is 1. The molecule has 1 aromatic heterocycles. The van der Waals surface area contributed by atoms with Crippen molar-refractivity contribution < 1.29 is 30.7 Å². The highest BCUT2D eigenvalue weighted by Gasteiger charge is 2.33. The molecule has 2 heterocycles. The van der Waals surface area contributed by atoms with Crippen LogP contribution < -0.4 is 4.18 Å². The zero-order valence-electron chi connectivity index (χ0n) is 19.0. The minimum Gasteiger partial charge on any atom is -0.399 e. The highest BCUT2D eigenvalue weighted by molar-refractivity contribution is 7.91. The van der Waals surface area contributed by atoms with E-state index in [0.29, 0.717) is 29.7 Å². The summed E-state index contributed by atoms with van der Waals surface area (Å²) in [7, 11) is -6.09. The third-order valence-electron chi connectivity index (χ3n) is 5.39. The Labute approximate surface area is 193 Å². The summed E-state index contributed by atoms with van der Waals surface area (Å²) in [6, 6.07) is 2.79. The summed E-state index contributed by atoms with van der Waals surface area (Å²) in [4.78, 5) is 18.4. The first-order chi connectivity index (χ1) is 15.6. The van der Waals surface area contributed by atoms with Crippen LogP contribution in [0.15, 0.2) is 28.4 Å². The van der Waals surface area contributed by atoms with Crippen molar-refractivity contribution in [1.29, 1.82) is 0 Å². The third-order valence-corrected chi connectivity index (χ3v) is 8.35. The number of hydrogen-bond acceptors (Lipinski definition) is 9. The number of oxime groups is 1. The monoisotopic (exact) mass is 497 g/mol. The maximum absolute atomic E-state index is 13.5. The average molecular weight is 498 g/mol. The van der Waals surface area contributed by atoms with E-state index in [1.54, 1.807) is 13.8 Å². The second-order valence-electron chi connectivity index (χ2n) is 7.61. The fraction of sp³-hybridized carbons (Fsp3) is 0.476. The van der Waals surface area contributed by atoms with Crippen molar-refractivity contribution in [2.24, 2.45) is 5.16 Å². The molecule has 0 unspecified atom stereocenters. The van der Waals surface area contributed by atoms with Crippen molar-refractivity contribution >= 4 is 31.5 Å². The van der Waals surface area contributed by atoms with Crippen molar-refractivity contribution in [2.75, 3.05) is 18.6 Å². The summed E-state index contributed by atoms with van der Waals surface area (Å²) in [5.41, 5.74) is 1.33. The van der Waals surface area contributed by atoms with Gasteiger partial charge >= 0.3 is 10.1 Å². The van der Waals surface area contributed by atoms with Crippen LogP contribution in [0.5, 0.6) is 5.88 Å². The largest absolute Gasteiger partial charge is 0.399 e. The van der Waals surface area contributed by atoms with Crippen LogP contribution in [-0.4, -0.2) is 56.7 Å². The number of aryl methyl sites for hydroxylation is 1. The first-order valence-corrected chi connectivity index (χ1v) is 13.8. The molecule has 1 aliphatic rings. The molecule has 1 aliphatic heterocycles. The lowest BCUT2D eigenvalue weighted by Gasteiger charge is -2.21. The van der Waals surface area contributed by atoms with E-state index in [2.05, 4.69) is 10.3 Å². The zero-order valence-corrected chi connectivity index (χ0v) is 20.6. The van der Waals surface area contributed by atoms with Gasteiger partial charge in [-0.1, -0.05) is 18.5 Å². The van der Waals surface area contributed by atoms with Crippen LogP contribution in [0, 0.1) is 6.92 Å². The lowest BCUT2D eigenvalue weighted by molar-refractivity contribution is 0.103. The van der Waals surface area contributed by atoms with E-state index in [1.165, 1.54) is 30.1 Å². The predicted octanol–water partition coefficient (Wildman–Crippen LogP) is 2.48. The van der Waals surface area contributed by atoms with Gasteiger partial charge in [0.25, 0.3) is 0 Å². The minimum atomic E-state index is -3.92. The van der Waals surface area contributed by atoms with Gasteiger partial charge in [0.1, 0.15) is 12.7 Å². The summed E-state index contributed by atoms with van der Waals surface area (Å²) in [6.45, 7) is 5.52. The third kappa shape index (κ3) is 4.96. The molecule has 10 nitrogen and oxygen atoms in total. The number of rotatable bonds is 9. The Morgan fingerprint density at radius 1 is 1.24 bits per heavy atom. The summed E-state index contributed by atoms with van der Waals surface area (Å²) >= 11 is 0. The van der Waals surface area contributed by atoms with E-state index in [-0.39, 0.29) is 46.4 Å². The fourth-order valence-electron chi connectivity index (χ4n) is 3.69. The van der Waals surface area contributed by atoms with Crippen LogP contribution >= 0.6 is 0 Å². The number of benzene rings is 1. The van der Waals surface area contributed by atoms with Crippen LogP contribution in [0.3, 0.4) is 0 Å². The van der Waals surface area contributed by atoms with E-state index in [1.807, 2.05) is 6.92 Å². The highest BCUT2D eigenvalue weighted by atomic mass is 32.2. The van der Waals surface area contributed by atoms with Gasteiger partial charge in [0, 0.05) is 24.1 Å². The molecule has 1 aromatic carbocycles. The quantitative estimate of drug-likeness (QED) is 0.293. The minimum absolute atomic E-state index is 0.0242. The van der Waals surface area contributed by atoms with E-state index in [9.17, 15) is 21.6 Å². The normalized spacial score (nSPS) is 16.4. The molecule has 0 spiro atoms.